The van der Waals surface area contributed by atoms with Crippen molar-refractivity contribution in [1.29, 1.82) is 0 Å². The SMILES string of the molecule is Cc1cc([N+](=O)[O-])c(Cl)cc1NCC1(CCO)CC1. The van der Waals surface area contributed by atoms with Gasteiger partial charge in [-0.25, -0.2) is 0 Å². The van der Waals surface area contributed by atoms with Gasteiger partial charge in [-0.05, 0) is 43.2 Å². The Morgan fingerprint density at radius 2 is 2.21 bits per heavy atom. The minimum Gasteiger partial charge on any atom is -0.396 e. The molecular weight excluding hydrogens is 268 g/mol. The normalized spacial score (nSPS) is 16.2. The quantitative estimate of drug-likeness (QED) is 0.621. The topological polar surface area (TPSA) is 75.4 Å². The Morgan fingerprint density at radius 3 is 2.74 bits per heavy atom. The molecule has 0 radical (unpaired) electrons. The molecule has 0 atom stereocenters. The average molecular weight is 285 g/mol. The van der Waals surface area contributed by atoms with Crippen molar-refractivity contribution in [2.45, 2.75) is 26.2 Å². The number of nitro groups is 1. The molecule has 0 unspecified atom stereocenters. The molecule has 1 aliphatic rings. The number of anilines is 1. The van der Waals surface area contributed by atoms with Crippen molar-refractivity contribution >= 4 is 23.0 Å². The Labute approximate surface area is 116 Å². The minimum atomic E-state index is -0.479. The van der Waals surface area contributed by atoms with E-state index in [-0.39, 0.29) is 22.7 Å². The van der Waals surface area contributed by atoms with Crippen molar-refractivity contribution < 1.29 is 10.0 Å². The molecule has 104 valence electrons. The Morgan fingerprint density at radius 1 is 1.53 bits per heavy atom. The van der Waals surface area contributed by atoms with E-state index in [9.17, 15) is 10.1 Å². The van der Waals surface area contributed by atoms with Crippen LogP contribution in [-0.4, -0.2) is 23.2 Å². The van der Waals surface area contributed by atoms with Gasteiger partial charge in [-0.2, -0.15) is 0 Å². The molecule has 0 saturated heterocycles. The first-order chi connectivity index (χ1) is 8.97. The highest BCUT2D eigenvalue weighted by Gasteiger charge is 2.41. The van der Waals surface area contributed by atoms with Crippen LogP contribution in [0.5, 0.6) is 0 Å². The number of hydrogen-bond acceptors (Lipinski definition) is 4. The molecular formula is C13H17ClN2O3. The van der Waals surface area contributed by atoms with Crippen LogP contribution in [0.25, 0.3) is 0 Å². The van der Waals surface area contributed by atoms with E-state index in [4.69, 9.17) is 16.7 Å². The summed E-state index contributed by atoms with van der Waals surface area (Å²) in [5.41, 5.74) is 1.74. The van der Waals surface area contributed by atoms with Crippen LogP contribution in [0, 0.1) is 22.5 Å². The number of hydrogen-bond donors (Lipinski definition) is 2. The zero-order valence-electron chi connectivity index (χ0n) is 10.8. The van der Waals surface area contributed by atoms with E-state index in [0.29, 0.717) is 0 Å². The molecule has 2 rings (SSSR count). The Kier molecular flexibility index (Phi) is 3.96. The minimum absolute atomic E-state index is 0.0683. The third-order valence-electron chi connectivity index (χ3n) is 3.74. The molecule has 0 amide bonds. The highest BCUT2D eigenvalue weighted by molar-refractivity contribution is 6.33. The second-order valence-corrected chi connectivity index (χ2v) is 5.61. The third-order valence-corrected chi connectivity index (χ3v) is 4.05. The Hall–Kier alpha value is -1.33. The fraction of sp³-hybridized carbons (Fsp3) is 0.538. The number of benzene rings is 1. The maximum atomic E-state index is 10.8. The molecule has 5 nitrogen and oxygen atoms in total. The lowest BCUT2D eigenvalue weighted by Crippen LogP contribution is -2.17. The first-order valence-corrected chi connectivity index (χ1v) is 6.64. The largest absolute Gasteiger partial charge is 0.396 e. The number of nitro benzene ring substituents is 1. The van der Waals surface area contributed by atoms with Gasteiger partial charge in [-0.1, -0.05) is 11.6 Å². The van der Waals surface area contributed by atoms with Crippen molar-refractivity contribution in [1.82, 2.24) is 0 Å². The first-order valence-electron chi connectivity index (χ1n) is 6.27. The number of aliphatic hydroxyl groups excluding tert-OH is 1. The fourth-order valence-corrected chi connectivity index (χ4v) is 2.44. The molecule has 19 heavy (non-hydrogen) atoms. The monoisotopic (exact) mass is 284 g/mol. The Bertz CT molecular complexity index is 501. The van der Waals surface area contributed by atoms with E-state index in [1.54, 1.807) is 6.07 Å². The summed E-state index contributed by atoms with van der Waals surface area (Å²) in [5.74, 6) is 0. The summed E-state index contributed by atoms with van der Waals surface area (Å²) >= 11 is 5.90. The summed E-state index contributed by atoms with van der Waals surface area (Å²) in [5, 5.41) is 23.2. The van der Waals surface area contributed by atoms with Crippen LogP contribution < -0.4 is 5.32 Å². The van der Waals surface area contributed by atoms with Crippen molar-refractivity contribution in [3.8, 4) is 0 Å². The number of rotatable bonds is 6. The molecule has 2 N–H and O–H groups in total. The zero-order valence-corrected chi connectivity index (χ0v) is 11.5. The number of aliphatic hydroxyl groups is 1. The molecule has 6 heteroatoms. The highest BCUT2D eigenvalue weighted by Crippen LogP contribution is 2.48. The molecule has 1 fully saturated rings. The molecule has 0 heterocycles. The molecule has 0 aromatic heterocycles. The Balaban J connectivity index is 2.09. The summed E-state index contributed by atoms with van der Waals surface area (Å²) in [6, 6.07) is 3.08. The summed E-state index contributed by atoms with van der Waals surface area (Å²) in [6.45, 7) is 2.78. The van der Waals surface area contributed by atoms with Crippen LogP contribution in [0.15, 0.2) is 12.1 Å². The van der Waals surface area contributed by atoms with Crippen LogP contribution in [0.2, 0.25) is 5.02 Å². The van der Waals surface area contributed by atoms with Gasteiger partial charge in [0.1, 0.15) is 5.02 Å². The summed E-state index contributed by atoms with van der Waals surface area (Å²) in [7, 11) is 0. The van der Waals surface area contributed by atoms with Crippen LogP contribution >= 0.6 is 11.6 Å². The van der Waals surface area contributed by atoms with E-state index in [1.165, 1.54) is 6.07 Å². The van der Waals surface area contributed by atoms with Gasteiger partial charge in [-0.3, -0.25) is 10.1 Å². The maximum absolute atomic E-state index is 10.8. The second kappa shape index (κ2) is 5.35. The first kappa shape index (κ1) is 14.1. The number of nitrogens with one attached hydrogen (secondary N) is 1. The smallest absolute Gasteiger partial charge is 0.288 e. The number of halogens is 1. The average Bonchev–Trinajstić information content (AvgIpc) is 3.10. The van der Waals surface area contributed by atoms with Crippen molar-refractivity contribution in [2.75, 3.05) is 18.5 Å². The van der Waals surface area contributed by atoms with Gasteiger partial charge in [-0.15, -0.1) is 0 Å². The fourth-order valence-electron chi connectivity index (χ4n) is 2.21. The number of aryl methyl sites for hydroxylation is 1. The van der Waals surface area contributed by atoms with Crippen LogP contribution in [0.3, 0.4) is 0 Å². The molecule has 1 aliphatic carbocycles. The van der Waals surface area contributed by atoms with Crippen molar-refractivity contribution in [3.63, 3.8) is 0 Å². The van der Waals surface area contributed by atoms with Gasteiger partial charge in [0.2, 0.25) is 0 Å². The summed E-state index contributed by atoms with van der Waals surface area (Å²) in [6.07, 6.45) is 3.01. The van der Waals surface area contributed by atoms with E-state index in [1.807, 2.05) is 6.92 Å². The molecule has 0 aliphatic heterocycles. The van der Waals surface area contributed by atoms with Gasteiger partial charge < -0.3 is 10.4 Å². The number of nitrogens with zero attached hydrogens (tertiary/aromatic N) is 1. The third kappa shape index (κ3) is 3.16. The van der Waals surface area contributed by atoms with Gasteiger partial charge in [0.05, 0.1) is 4.92 Å². The van der Waals surface area contributed by atoms with E-state index in [0.717, 1.165) is 37.1 Å². The van der Waals surface area contributed by atoms with E-state index >= 15 is 0 Å². The molecule has 1 aromatic rings. The zero-order chi connectivity index (χ0) is 14.0. The van der Waals surface area contributed by atoms with E-state index in [2.05, 4.69) is 5.32 Å². The summed E-state index contributed by atoms with van der Waals surface area (Å²) in [4.78, 5) is 10.3. The van der Waals surface area contributed by atoms with Crippen LogP contribution in [0.1, 0.15) is 24.8 Å². The molecule has 0 spiro atoms. The molecule has 1 saturated carbocycles. The summed E-state index contributed by atoms with van der Waals surface area (Å²) < 4.78 is 0. The maximum Gasteiger partial charge on any atom is 0.288 e. The lowest BCUT2D eigenvalue weighted by atomic mass is 10.0. The van der Waals surface area contributed by atoms with Gasteiger partial charge in [0.15, 0.2) is 0 Å². The van der Waals surface area contributed by atoms with Crippen LogP contribution in [0.4, 0.5) is 11.4 Å². The second-order valence-electron chi connectivity index (χ2n) is 5.20. The van der Waals surface area contributed by atoms with Crippen molar-refractivity contribution in [2.24, 2.45) is 5.41 Å². The van der Waals surface area contributed by atoms with E-state index < -0.39 is 4.92 Å². The predicted molar refractivity (Wildman–Crippen MR) is 74.7 cm³/mol. The predicted octanol–water partition coefficient (Wildman–Crippen LogP) is 3.13. The van der Waals surface area contributed by atoms with Gasteiger partial charge in [0, 0.05) is 24.9 Å². The lowest BCUT2D eigenvalue weighted by molar-refractivity contribution is -0.384. The highest BCUT2D eigenvalue weighted by atomic mass is 35.5. The van der Waals surface area contributed by atoms with Gasteiger partial charge >= 0.3 is 0 Å². The molecule has 0 bridgehead atoms. The van der Waals surface area contributed by atoms with Crippen LogP contribution in [-0.2, 0) is 0 Å². The molecule has 1 aromatic carbocycles. The van der Waals surface area contributed by atoms with Gasteiger partial charge in [0.25, 0.3) is 5.69 Å². The van der Waals surface area contributed by atoms with Crippen molar-refractivity contribution in [3.05, 3.63) is 32.8 Å². The lowest BCUT2D eigenvalue weighted by Gasteiger charge is -2.17. The standard InChI is InChI=1S/C13H17ClN2O3/c1-9-6-12(16(18)19)10(14)7-11(9)15-8-13(2-3-13)4-5-17/h6-7,15,17H,2-5,8H2,1H3.